The highest BCUT2D eigenvalue weighted by molar-refractivity contribution is 4.79. The van der Waals surface area contributed by atoms with Crippen LogP contribution in [0.1, 0.15) is 25.7 Å². The Morgan fingerprint density at radius 2 is 2.40 bits per heavy atom. The second kappa shape index (κ2) is 5.23. The minimum absolute atomic E-state index is 0.391. The van der Waals surface area contributed by atoms with E-state index in [9.17, 15) is 0 Å². The molecule has 1 aromatic heterocycles. The van der Waals surface area contributed by atoms with Gasteiger partial charge in [0.1, 0.15) is 0 Å². The molecule has 2 unspecified atom stereocenters. The Kier molecular flexibility index (Phi) is 3.69. The summed E-state index contributed by atoms with van der Waals surface area (Å²) in [6.45, 7) is 1.83. The van der Waals surface area contributed by atoms with E-state index >= 15 is 0 Å². The molecule has 1 fully saturated rings. The van der Waals surface area contributed by atoms with E-state index in [2.05, 4.69) is 15.6 Å². The SMILES string of the molecule is NC1CCCC(NCCn2ccnn2)C1. The minimum Gasteiger partial charge on any atom is -0.328 e. The molecule has 0 radical (unpaired) electrons. The van der Waals surface area contributed by atoms with Crippen molar-refractivity contribution in [3.8, 4) is 0 Å². The van der Waals surface area contributed by atoms with Crippen molar-refractivity contribution in [2.24, 2.45) is 5.73 Å². The first kappa shape index (κ1) is 10.6. The Morgan fingerprint density at radius 1 is 1.47 bits per heavy atom. The van der Waals surface area contributed by atoms with E-state index in [0.717, 1.165) is 19.5 Å². The van der Waals surface area contributed by atoms with Gasteiger partial charge in [0.15, 0.2) is 0 Å². The molecule has 15 heavy (non-hydrogen) atoms. The van der Waals surface area contributed by atoms with Crippen LogP contribution in [-0.4, -0.2) is 33.6 Å². The molecule has 1 aliphatic rings. The molecule has 0 spiro atoms. The fourth-order valence-corrected chi connectivity index (χ4v) is 2.15. The van der Waals surface area contributed by atoms with Crippen LogP contribution in [0.2, 0.25) is 0 Å². The predicted octanol–water partition coefficient (Wildman–Crippen LogP) is 0.138. The van der Waals surface area contributed by atoms with Crippen LogP contribution in [0.15, 0.2) is 12.4 Å². The van der Waals surface area contributed by atoms with Crippen molar-refractivity contribution in [1.82, 2.24) is 20.3 Å². The maximum Gasteiger partial charge on any atom is 0.0692 e. The predicted molar refractivity (Wildman–Crippen MR) is 58.3 cm³/mol. The lowest BCUT2D eigenvalue weighted by Gasteiger charge is -2.27. The molecule has 0 bridgehead atoms. The molecule has 84 valence electrons. The first-order valence-electron chi connectivity index (χ1n) is 5.67. The van der Waals surface area contributed by atoms with Crippen molar-refractivity contribution >= 4 is 0 Å². The summed E-state index contributed by atoms with van der Waals surface area (Å²) >= 11 is 0. The van der Waals surface area contributed by atoms with Crippen LogP contribution in [0.3, 0.4) is 0 Å². The lowest BCUT2D eigenvalue weighted by molar-refractivity contribution is 0.333. The zero-order chi connectivity index (χ0) is 10.5. The van der Waals surface area contributed by atoms with Crippen molar-refractivity contribution in [1.29, 1.82) is 0 Å². The summed E-state index contributed by atoms with van der Waals surface area (Å²) in [4.78, 5) is 0. The minimum atomic E-state index is 0.391. The van der Waals surface area contributed by atoms with Crippen molar-refractivity contribution in [2.75, 3.05) is 6.54 Å². The van der Waals surface area contributed by atoms with Crippen LogP contribution < -0.4 is 11.1 Å². The average Bonchev–Trinajstić information content (AvgIpc) is 2.71. The highest BCUT2D eigenvalue weighted by Crippen LogP contribution is 2.16. The lowest BCUT2D eigenvalue weighted by Crippen LogP contribution is -2.40. The molecule has 0 saturated heterocycles. The zero-order valence-corrected chi connectivity index (χ0v) is 8.97. The van der Waals surface area contributed by atoms with Crippen LogP contribution in [0.25, 0.3) is 0 Å². The second-order valence-electron chi connectivity index (χ2n) is 4.24. The molecule has 0 aliphatic heterocycles. The summed E-state index contributed by atoms with van der Waals surface area (Å²) < 4.78 is 1.84. The number of nitrogens with one attached hydrogen (secondary N) is 1. The monoisotopic (exact) mass is 209 g/mol. The van der Waals surface area contributed by atoms with Crippen LogP contribution in [0.5, 0.6) is 0 Å². The smallest absolute Gasteiger partial charge is 0.0692 e. The summed E-state index contributed by atoms with van der Waals surface area (Å²) in [7, 11) is 0. The Hall–Kier alpha value is -0.940. The summed E-state index contributed by atoms with van der Waals surface area (Å²) in [5.41, 5.74) is 5.92. The molecule has 0 aromatic carbocycles. The highest BCUT2D eigenvalue weighted by atomic mass is 15.4. The van der Waals surface area contributed by atoms with Gasteiger partial charge in [-0.05, 0) is 19.3 Å². The summed E-state index contributed by atoms with van der Waals surface area (Å²) in [5, 5.41) is 11.2. The lowest BCUT2D eigenvalue weighted by atomic mass is 9.92. The van der Waals surface area contributed by atoms with Gasteiger partial charge >= 0.3 is 0 Å². The third kappa shape index (κ3) is 3.28. The Balaban J connectivity index is 1.65. The fourth-order valence-electron chi connectivity index (χ4n) is 2.15. The maximum absolute atomic E-state index is 5.92. The van der Waals surface area contributed by atoms with Crippen LogP contribution in [-0.2, 0) is 6.54 Å². The maximum atomic E-state index is 5.92. The van der Waals surface area contributed by atoms with Crippen molar-refractivity contribution in [2.45, 2.75) is 44.3 Å². The van der Waals surface area contributed by atoms with Gasteiger partial charge in [-0.1, -0.05) is 11.6 Å². The number of rotatable bonds is 4. The quantitative estimate of drug-likeness (QED) is 0.740. The summed E-state index contributed by atoms with van der Waals surface area (Å²) in [6.07, 6.45) is 8.39. The first-order valence-corrected chi connectivity index (χ1v) is 5.67. The van der Waals surface area contributed by atoms with E-state index < -0.39 is 0 Å². The van der Waals surface area contributed by atoms with Gasteiger partial charge in [0.2, 0.25) is 0 Å². The molecule has 2 rings (SSSR count). The van der Waals surface area contributed by atoms with E-state index in [1.165, 1.54) is 19.3 Å². The zero-order valence-electron chi connectivity index (χ0n) is 8.97. The second-order valence-corrected chi connectivity index (χ2v) is 4.24. The van der Waals surface area contributed by atoms with Crippen LogP contribution >= 0.6 is 0 Å². The summed E-state index contributed by atoms with van der Waals surface area (Å²) in [6, 6.07) is 0.986. The van der Waals surface area contributed by atoms with Crippen LogP contribution in [0.4, 0.5) is 0 Å². The number of nitrogens with two attached hydrogens (primary N) is 1. The third-order valence-electron chi connectivity index (χ3n) is 2.96. The van der Waals surface area contributed by atoms with Gasteiger partial charge in [-0.2, -0.15) is 0 Å². The number of aromatic nitrogens is 3. The van der Waals surface area contributed by atoms with E-state index in [4.69, 9.17) is 5.73 Å². The third-order valence-corrected chi connectivity index (χ3v) is 2.96. The van der Waals surface area contributed by atoms with Gasteiger partial charge in [0.25, 0.3) is 0 Å². The molecule has 0 amide bonds. The Labute approximate surface area is 90.0 Å². The van der Waals surface area contributed by atoms with Gasteiger partial charge in [-0.25, -0.2) is 0 Å². The molecule has 1 saturated carbocycles. The van der Waals surface area contributed by atoms with Crippen molar-refractivity contribution < 1.29 is 0 Å². The topological polar surface area (TPSA) is 68.8 Å². The van der Waals surface area contributed by atoms with Gasteiger partial charge in [-0.3, -0.25) is 4.68 Å². The standard InChI is InChI=1S/C10H19N5/c11-9-2-1-3-10(8-9)12-4-6-15-7-5-13-14-15/h5,7,9-10,12H,1-4,6,8,11H2. The Morgan fingerprint density at radius 3 is 3.13 bits per heavy atom. The van der Waals surface area contributed by atoms with Crippen molar-refractivity contribution in [3.63, 3.8) is 0 Å². The molecular weight excluding hydrogens is 190 g/mol. The van der Waals surface area contributed by atoms with Gasteiger partial charge in [0, 0.05) is 24.8 Å². The molecule has 1 heterocycles. The van der Waals surface area contributed by atoms with Crippen LogP contribution in [0, 0.1) is 0 Å². The molecule has 1 aliphatic carbocycles. The van der Waals surface area contributed by atoms with Crippen molar-refractivity contribution in [3.05, 3.63) is 12.4 Å². The van der Waals surface area contributed by atoms with Gasteiger partial charge < -0.3 is 11.1 Å². The highest BCUT2D eigenvalue weighted by Gasteiger charge is 2.17. The summed E-state index contributed by atoms with van der Waals surface area (Å²) in [5.74, 6) is 0. The van der Waals surface area contributed by atoms with E-state index in [0.29, 0.717) is 12.1 Å². The molecule has 5 nitrogen and oxygen atoms in total. The molecule has 3 N–H and O–H groups in total. The fraction of sp³-hybridized carbons (Fsp3) is 0.800. The first-order chi connectivity index (χ1) is 7.34. The van der Waals surface area contributed by atoms with Gasteiger partial charge in [-0.15, -0.1) is 5.10 Å². The van der Waals surface area contributed by atoms with E-state index in [1.807, 2.05) is 10.9 Å². The van der Waals surface area contributed by atoms with E-state index in [1.54, 1.807) is 6.20 Å². The number of hydrogen-bond acceptors (Lipinski definition) is 4. The van der Waals surface area contributed by atoms with Gasteiger partial charge in [0.05, 0.1) is 12.7 Å². The molecular formula is C10H19N5. The molecule has 1 aromatic rings. The van der Waals surface area contributed by atoms with E-state index in [-0.39, 0.29) is 0 Å². The number of nitrogens with zero attached hydrogens (tertiary/aromatic N) is 3. The Bertz CT molecular complexity index is 271. The average molecular weight is 209 g/mol. The molecule has 2 atom stereocenters. The molecule has 5 heteroatoms. The number of hydrogen-bond donors (Lipinski definition) is 2. The normalized spacial score (nSPS) is 26.7. The largest absolute Gasteiger partial charge is 0.328 e.